The number of nitrogens with zero attached hydrogens (tertiary/aromatic N) is 4. The average molecular weight is 317 g/mol. The highest BCUT2D eigenvalue weighted by atomic mass is 15.3. The number of nitrogens with one attached hydrogen (secondary N) is 1. The summed E-state index contributed by atoms with van der Waals surface area (Å²) in [5.41, 5.74) is 4.23. The molecule has 0 fully saturated rings. The first-order valence-corrected chi connectivity index (χ1v) is 8.18. The third-order valence-corrected chi connectivity index (χ3v) is 4.22. The summed E-state index contributed by atoms with van der Waals surface area (Å²) in [5, 5.41) is 10.4. The van der Waals surface area contributed by atoms with E-state index in [-0.39, 0.29) is 0 Å². The summed E-state index contributed by atoms with van der Waals surface area (Å²) < 4.78 is 2.09. The lowest BCUT2D eigenvalue weighted by molar-refractivity contribution is 0.605. The summed E-state index contributed by atoms with van der Waals surface area (Å²) in [6.07, 6.45) is 6.47. The maximum Gasteiger partial charge on any atom is 0.0964 e. The molecular weight excluding hydrogens is 298 g/mol. The van der Waals surface area contributed by atoms with Crippen LogP contribution in [0.25, 0.3) is 21.8 Å². The van der Waals surface area contributed by atoms with Crippen molar-refractivity contribution in [2.45, 2.75) is 19.9 Å². The van der Waals surface area contributed by atoms with E-state index in [1.165, 1.54) is 10.9 Å². The van der Waals surface area contributed by atoms with Gasteiger partial charge < -0.3 is 5.32 Å². The van der Waals surface area contributed by atoms with E-state index in [0.29, 0.717) is 0 Å². The van der Waals surface area contributed by atoms with Crippen LogP contribution in [0.3, 0.4) is 0 Å². The molecule has 0 amide bonds. The zero-order chi connectivity index (χ0) is 16.4. The van der Waals surface area contributed by atoms with Crippen LogP contribution >= 0.6 is 0 Å². The largest absolute Gasteiger partial charge is 0.382 e. The zero-order valence-corrected chi connectivity index (χ0v) is 13.6. The number of anilines is 1. The van der Waals surface area contributed by atoms with Crippen LogP contribution in [0.2, 0.25) is 0 Å². The summed E-state index contributed by atoms with van der Waals surface area (Å²) in [7, 11) is 0. The molecule has 3 aromatic heterocycles. The van der Waals surface area contributed by atoms with Crippen molar-refractivity contribution < 1.29 is 0 Å². The van der Waals surface area contributed by atoms with Gasteiger partial charge in [-0.3, -0.25) is 14.6 Å². The molecule has 0 spiro atoms. The van der Waals surface area contributed by atoms with Crippen molar-refractivity contribution in [2.24, 2.45) is 0 Å². The predicted molar refractivity (Wildman–Crippen MR) is 97.1 cm³/mol. The highest BCUT2D eigenvalue weighted by Gasteiger charge is 2.06. The van der Waals surface area contributed by atoms with Crippen molar-refractivity contribution >= 4 is 27.5 Å². The molecule has 0 unspecified atom stereocenters. The Kier molecular flexibility index (Phi) is 3.83. The fraction of sp³-hybridized carbons (Fsp3) is 0.211. The first kappa shape index (κ1) is 14.6. The molecule has 0 aliphatic heterocycles. The number of rotatable bonds is 5. The Balaban J connectivity index is 1.44. The standard InChI is InChI=1S/C19H19N5/c1-14-16-7-2-3-8-18(16)24(23-14)11-5-10-21-17-13-20-12-15-6-4-9-22-19(15)17/h2-4,6-9,12-13,21H,5,10-11H2,1H3. The minimum absolute atomic E-state index is 0.852. The summed E-state index contributed by atoms with van der Waals surface area (Å²) in [6.45, 7) is 3.79. The number of aromatic nitrogens is 4. The van der Waals surface area contributed by atoms with Crippen LogP contribution in [0.1, 0.15) is 12.1 Å². The van der Waals surface area contributed by atoms with Gasteiger partial charge in [-0.1, -0.05) is 18.2 Å². The summed E-state index contributed by atoms with van der Waals surface area (Å²) in [4.78, 5) is 8.72. The fourth-order valence-corrected chi connectivity index (χ4v) is 3.05. The highest BCUT2D eigenvalue weighted by molar-refractivity contribution is 5.88. The third-order valence-electron chi connectivity index (χ3n) is 4.22. The minimum atomic E-state index is 0.852. The van der Waals surface area contributed by atoms with Crippen molar-refractivity contribution in [3.05, 3.63) is 60.7 Å². The number of fused-ring (bicyclic) bond motifs is 2. The molecular formula is C19H19N5. The third kappa shape index (κ3) is 2.69. The highest BCUT2D eigenvalue weighted by Crippen LogP contribution is 2.20. The molecule has 1 aromatic carbocycles. The van der Waals surface area contributed by atoms with E-state index in [2.05, 4.69) is 56.3 Å². The number of benzene rings is 1. The Bertz CT molecular complexity index is 984. The predicted octanol–water partition coefficient (Wildman–Crippen LogP) is 3.79. The molecule has 120 valence electrons. The van der Waals surface area contributed by atoms with Crippen LogP contribution in [0.15, 0.2) is 55.0 Å². The van der Waals surface area contributed by atoms with Crippen molar-refractivity contribution in [3.63, 3.8) is 0 Å². The van der Waals surface area contributed by atoms with Gasteiger partial charge in [0.2, 0.25) is 0 Å². The SMILES string of the molecule is Cc1nn(CCCNc2cncc3cccnc23)c2ccccc12. The molecule has 0 aliphatic rings. The molecule has 4 rings (SSSR count). The minimum Gasteiger partial charge on any atom is -0.382 e. The maximum absolute atomic E-state index is 4.65. The zero-order valence-electron chi connectivity index (χ0n) is 13.6. The van der Waals surface area contributed by atoms with Crippen LogP contribution in [-0.4, -0.2) is 26.3 Å². The van der Waals surface area contributed by atoms with Gasteiger partial charge in [-0.05, 0) is 31.5 Å². The Hall–Kier alpha value is -2.95. The monoisotopic (exact) mass is 317 g/mol. The smallest absolute Gasteiger partial charge is 0.0964 e. The van der Waals surface area contributed by atoms with Gasteiger partial charge in [0.1, 0.15) is 0 Å². The second-order valence-corrected chi connectivity index (χ2v) is 5.87. The summed E-state index contributed by atoms with van der Waals surface area (Å²) >= 11 is 0. The van der Waals surface area contributed by atoms with Gasteiger partial charge >= 0.3 is 0 Å². The normalized spacial score (nSPS) is 11.2. The van der Waals surface area contributed by atoms with Crippen LogP contribution in [0, 0.1) is 6.92 Å². The van der Waals surface area contributed by atoms with Crippen LogP contribution in [0.4, 0.5) is 5.69 Å². The van der Waals surface area contributed by atoms with Gasteiger partial charge in [-0.25, -0.2) is 0 Å². The molecule has 5 heteroatoms. The fourth-order valence-electron chi connectivity index (χ4n) is 3.05. The van der Waals surface area contributed by atoms with Crippen LogP contribution in [0.5, 0.6) is 0 Å². The molecule has 0 aliphatic carbocycles. The quantitative estimate of drug-likeness (QED) is 0.569. The second-order valence-electron chi connectivity index (χ2n) is 5.87. The molecule has 4 aromatic rings. The summed E-state index contributed by atoms with van der Waals surface area (Å²) in [6, 6.07) is 12.3. The number of aryl methyl sites for hydroxylation is 2. The molecule has 0 saturated heterocycles. The number of para-hydroxylation sites is 1. The van der Waals surface area contributed by atoms with Crippen molar-refractivity contribution in [1.82, 2.24) is 19.7 Å². The summed E-state index contributed by atoms with van der Waals surface area (Å²) in [5.74, 6) is 0. The lowest BCUT2D eigenvalue weighted by atomic mass is 10.2. The molecule has 0 radical (unpaired) electrons. The van der Waals surface area contributed by atoms with Crippen molar-refractivity contribution in [2.75, 3.05) is 11.9 Å². The van der Waals surface area contributed by atoms with Crippen molar-refractivity contribution in [3.8, 4) is 0 Å². The van der Waals surface area contributed by atoms with Gasteiger partial charge in [0.15, 0.2) is 0 Å². The lowest BCUT2D eigenvalue weighted by Crippen LogP contribution is -2.08. The Morgan fingerprint density at radius 1 is 1.08 bits per heavy atom. The molecule has 0 saturated carbocycles. The lowest BCUT2D eigenvalue weighted by Gasteiger charge is -2.09. The Morgan fingerprint density at radius 2 is 2.00 bits per heavy atom. The van der Waals surface area contributed by atoms with Crippen LogP contribution in [-0.2, 0) is 6.54 Å². The number of pyridine rings is 2. The molecule has 1 N–H and O–H groups in total. The van der Waals surface area contributed by atoms with Gasteiger partial charge in [-0.2, -0.15) is 5.10 Å². The molecule has 24 heavy (non-hydrogen) atoms. The Labute approximate surface area is 140 Å². The molecule has 5 nitrogen and oxygen atoms in total. The van der Waals surface area contributed by atoms with E-state index < -0.39 is 0 Å². The second kappa shape index (κ2) is 6.28. The Morgan fingerprint density at radius 3 is 2.96 bits per heavy atom. The molecule has 3 heterocycles. The maximum atomic E-state index is 4.65. The average Bonchev–Trinajstić information content (AvgIpc) is 2.95. The molecule has 0 bridgehead atoms. The van der Waals surface area contributed by atoms with E-state index >= 15 is 0 Å². The van der Waals surface area contributed by atoms with E-state index in [1.807, 2.05) is 30.7 Å². The van der Waals surface area contributed by atoms with E-state index in [0.717, 1.165) is 41.8 Å². The first-order chi connectivity index (χ1) is 11.8. The van der Waals surface area contributed by atoms with Gasteiger partial charge in [-0.15, -0.1) is 0 Å². The van der Waals surface area contributed by atoms with Gasteiger partial charge in [0.05, 0.1) is 28.6 Å². The van der Waals surface area contributed by atoms with E-state index in [9.17, 15) is 0 Å². The van der Waals surface area contributed by atoms with Gasteiger partial charge in [0.25, 0.3) is 0 Å². The topological polar surface area (TPSA) is 55.6 Å². The number of hydrogen-bond acceptors (Lipinski definition) is 4. The first-order valence-electron chi connectivity index (χ1n) is 8.18. The molecule has 0 atom stereocenters. The van der Waals surface area contributed by atoms with Crippen molar-refractivity contribution in [1.29, 1.82) is 0 Å². The number of hydrogen-bond donors (Lipinski definition) is 1. The van der Waals surface area contributed by atoms with E-state index in [4.69, 9.17) is 0 Å². The van der Waals surface area contributed by atoms with Gasteiger partial charge in [0, 0.05) is 36.3 Å². The van der Waals surface area contributed by atoms with Crippen LogP contribution < -0.4 is 5.32 Å². The van der Waals surface area contributed by atoms with E-state index in [1.54, 1.807) is 0 Å².